The van der Waals surface area contributed by atoms with Crippen molar-refractivity contribution in [3.05, 3.63) is 59.7 Å². The lowest BCUT2D eigenvalue weighted by molar-refractivity contribution is -0.135. The molecule has 0 radical (unpaired) electrons. The molecule has 1 heterocycles. The summed E-state index contributed by atoms with van der Waals surface area (Å²) >= 11 is 0. The lowest BCUT2D eigenvalue weighted by Crippen LogP contribution is -2.52. The zero-order chi connectivity index (χ0) is 21.7. The number of carbonyl (C=O) groups excluding carboxylic acids is 2. The molecule has 1 fully saturated rings. The molecule has 1 unspecified atom stereocenters. The number of rotatable bonds is 6. The Morgan fingerprint density at radius 2 is 1.70 bits per heavy atom. The second-order valence-corrected chi connectivity index (χ2v) is 8.09. The molecule has 2 amide bonds. The van der Waals surface area contributed by atoms with Gasteiger partial charge < -0.3 is 20.1 Å². The van der Waals surface area contributed by atoms with Crippen LogP contribution in [0.25, 0.3) is 0 Å². The van der Waals surface area contributed by atoms with Crippen molar-refractivity contribution < 1.29 is 19.4 Å². The zero-order valence-corrected chi connectivity index (χ0v) is 17.8. The zero-order valence-electron chi connectivity index (χ0n) is 17.8. The third kappa shape index (κ3) is 4.93. The van der Waals surface area contributed by atoms with Crippen molar-refractivity contribution in [2.24, 2.45) is 5.92 Å². The van der Waals surface area contributed by atoms with Gasteiger partial charge in [-0.2, -0.15) is 0 Å². The molecule has 30 heavy (non-hydrogen) atoms. The minimum absolute atomic E-state index is 0.0361. The van der Waals surface area contributed by atoms with E-state index in [1.807, 2.05) is 30.9 Å². The molecule has 1 aliphatic heterocycles. The number of piperidine rings is 1. The number of phenolic OH excluding ortho intramolecular Hbond substituents is 1. The standard InChI is InChI=1S/C24H30N2O4/c1-16(2)22(25-23(28)20-6-4-5-7-21(20)30-3)24(29)26-14-12-18(13-15-26)17-8-10-19(27)11-9-17/h4-11,16,18,22,27H,12-15H2,1-3H3,(H,25,28). The average molecular weight is 411 g/mol. The predicted molar refractivity (Wildman–Crippen MR) is 116 cm³/mol. The fourth-order valence-electron chi connectivity index (χ4n) is 3.94. The second-order valence-electron chi connectivity index (χ2n) is 8.09. The van der Waals surface area contributed by atoms with E-state index in [4.69, 9.17) is 4.74 Å². The molecule has 160 valence electrons. The Morgan fingerprint density at radius 3 is 2.30 bits per heavy atom. The van der Waals surface area contributed by atoms with Crippen molar-refractivity contribution >= 4 is 11.8 Å². The van der Waals surface area contributed by atoms with Gasteiger partial charge in [-0.05, 0) is 54.5 Å². The van der Waals surface area contributed by atoms with Gasteiger partial charge in [-0.1, -0.05) is 38.1 Å². The second kappa shape index (κ2) is 9.65. The van der Waals surface area contributed by atoms with Gasteiger partial charge in [-0.3, -0.25) is 9.59 Å². The summed E-state index contributed by atoms with van der Waals surface area (Å²) in [5, 5.41) is 12.4. The van der Waals surface area contributed by atoms with Crippen LogP contribution in [0.3, 0.4) is 0 Å². The van der Waals surface area contributed by atoms with Gasteiger partial charge >= 0.3 is 0 Å². The lowest BCUT2D eigenvalue weighted by Gasteiger charge is -2.35. The fraction of sp³-hybridized carbons (Fsp3) is 0.417. The molecule has 2 aromatic rings. The van der Waals surface area contributed by atoms with Crippen molar-refractivity contribution in [2.75, 3.05) is 20.2 Å². The number of phenols is 1. The molecule has 1 aliphatic rings. The van der Waals surface area contributed by atoms with E-state index in [1.165, 1.54) is 12.7 Å². The first-order valence-corrected chi connectivity index (χ1v) is 10.4. The summed E-state index contributed by atoms with van der Waals surface area (Å²) in [6.45, 7) is 5.18. The minimum atomic E-state index is -0.590. The maximum absolute atomic E-state index is 13.2. The average Bonchev–Trinajstić information content (AvgIpc) is 2.77. The molecular formula is C24H30N2O4. The van der Waals surface area contributed by atoms with E-state index >= 15 is 0 Å². The molecule has 6 nitrogen and oxygen atoms in total. The van der Waals surface area contributed by atoms with E-state index in [2.05, 4.69) is 5.32 Å². The van der Waals surface area contributed by atoms with E-state index < -0.39 is 6.04 Å². The summed E-state index contributed by atoms with van der Waals surface area (Å²) in [6, 6.07) is 13.7. The summed E-state index contributed by atoms with van der Waals surface area (Å²) < 4.78 is 5.27. The van der Waals surface area contributed by atoms with Gasteiger partial charge in [0.25, 0.3) is 5.91 Å². The maximum Gasteiger partial charge on any atom is 0.255 e. The van der Waals surface area contributed by atoms with Crippen LogP contribution >= 0.6 is 0 Å². The summed E-state index contributed by atoms with van der Waals surface area (Å²) in [5.41, 5.74) is 1.61. The molecule has 1 saturated heterocycles. The van der Waals surface area contributed by atoms with Crippen LogP contribution in [0, 0.1) is 5.92 Å². The number of amides is 2. The Bertz CT molecular complexity index is 871. The molecule has 1 atom stereocenters. The van der Waals surface area contributed by atoms with Crippen molar-refractivity contribution in [1.82, 2.24) is 10.2 Å². The smallest absolute Gasteiger partial charge is 0.255 e. The van der Waals surface area contributed by atoms with Gasteiger partial charge in [0.2, 0.25) is 5.91 Å². The highest BCUT2D eigenvalue weighted by atomic mass is 16.5. The molecule has 0 aliphatic carbocycles. The molecule has 0 spiro atoms. The largest absolute Gasteiger partial charge is 0.508 e. The van der Waals surface area contributed by atoms with Crippen LogP contribution in [0.15, 0.2) is 48.5 Å². The number of aromatic hydroxyl groups is 1. The van der Waals surface area contributed by atoms with E-state index in [0.29, 0.717) is 30.3 Å². The highest BCUT2D eigenvalue weighted by molar-refractivity contribution is 5.99. The first kappa shape index (κ1) is 21.7. The van der Waals surface area contributed by atoms with Crippen molar-refractivity contribution in [3.8, 4) is 11.5 Å². The molecule has 2 aromatic carbocycles. The SMILES string of the molecule is COc1ccccc1C(=O)NC(C(=O)N1CCC(c2ccc(O)cc2)CC1)C(C)C. The maximum atomic E-state index is 13.2. The topological polar surface area (TPSA) is 78.9 Å². The van der Waals surface area contributed by atoms with Gasteiger partial charge in [0.05, 0.1) is 12.7 Å². The van der Waals surface area contributed by atoms with Gasteiger partial charge in [0.1, 0.15) is 17.5 Å². The molecule has 0 bridgehead atoms. The number of likely N-dealkylation sites (tertiary alicyclic amines) is 1. The summed E-state index contributed by atoms with van der Waals surface area (Å²) in [4.78, 5) is 27.9. The quantitative estimate of drug-likeness (QED) is 0.763. The summed E-state index contributed by atoms with van der Waals surface area (Å²) in [5.74, 6) is 0.730. The van der Waals surface area contributed by atoms with Crippen molar-refractivity contribution in [1.29, 1.82) is 0 Å². The monoisotopic (exact) mass is 410 g/mol. The highest BCUT2D eigenvalue weighted by Gasteiger charge is 2.32. The number of nitrogens with zero attached hydrogens (tertiary/aromatic N) is 1. The van der Waals surface area contributed by atoms with Crippen LogP contribution in [0.2, 0.25) is 0 Å². The fourth-order valence-corrected chi connectivity index (χ4v) is 3.94. The first-order chi connectivity index (χ1) is 14.4. The summed E-state index contributed by atoms with van der Waals surface area (Å²) in [7, 11) is 1.52. The highest BCUT2D eigenvalue weighted by Crippen LogP contribution is 2.29. The van der Waals surface area contributed by atoms with E-state index in [-0.39, 0.29) is 23.5 Å². The van der Waals surface area contributed by atoms with Gasteiger partial charge in [0.15, 0.2) is 0 Å². The van der Waals surface area contributed by atoms with Crippen LogP contribution in [0.1, 0.15) is 48.5 Å². The number of hydrogen-bond acceptors (Lipinski definition) is 4. The number of methoxy groups -OCH3 is 1. The van der Waals surface area contributed by atoms with E-state index in [1.54, 1.807) is 36.4 Å². The Labute approximate surface area is 177 Å². The third-order valence-corrected chi connectivity index (χ3v) is 5.74. The predicted octanol–water partition coefficient (Wildman–Crippen LogP) is 3.56. The van der Waals surface area contributed by atoms with E-state index in [0.717, 1.165) is 12.8 Å². The Balaban J connectivity index is 1.64. The molecule has 3 rings (SSSR count). The van der Waals surface area contributed by atoms with Gasteiger partial charge in [-0.25, -0.2) is 0 Å². The van der Waals surface area contributed by atoms with Crippen molar-refractivity contribution in [2.45, 2.75) is 38.6 Å². The van der Waals surface area contributed by atoms with Crippen LogP contribution in [0.4, 0.5) is 0 Å². The van der Waals surface area contributed by atoms with Crippen LogP contribution < -0.4 is 10.1 Å². The van der Waals surface area contributed by atoms with Crippen LogP contribution in [-0.4, -0.2) is 48.1 Å². The van der Waals surface area contributed by atoms with Crippen LogP contribution in [0.5, 0.6) is 11.5 Å². The number of benzene rings is 2. The molecular weight excluding hydrogens is 380 g/mol. The van der Waals surface area contributed by atoms with E-state index in [9.17, 15) is 14.7 Å². The van der Waals surface area contributed by atoms with Gasteiger partial charge in [0, 0.05) is 13.1 Å². The number of hydrogen-bond donors (Lipinski definition) is 2. The molecule has 0 saturated carbocycles. The first-order valence-electron chi connectivity index (χ1n) is 10.4. The van der Waals surface area contributed by atoms with Gasteiger partial charge in [-0.15, -0.1) is 0 Å². The van der Waals surface area contributed by atoms with Crippen molar-refractivity contribution in [3.63, 3.8) is 0 Å². The Kier molecular flexibility index (Phi) is 6.98. The number of carbonyl (C=O) groups is 2. The number of para-hydroxylation sites is 1. The molecule has 6 heteroatoms. The number of ether oxygens (including phenoxy) is 1. The summed E-state index contributed by atoms with van der Waals surface area (Å²) in [6.07, 6.45) is 1.73. The normalized spacial score (nSPS) is 15.7. The molecule has 2 N–H and O–H groups in total. The third-order valence-electron chi connectivity index (χ3n) is 5.74. The minimum Gasteiger partial charge on any atom is -0.508 e. The molecule has 0 aromatic heterocycles. The Hall–Kier alpha value is -3.02. The Morgan fingerprint density at radius 1 is 1.07 bits per heavy atom. The lowest BCUT2D eigenvalue weighted by atomic mass is 9.89. The number of nitrogens with one attached hydrogen (secondary N) is 1. The van der Waals surface area contributed by atoms with Crippen LogP contribution in [-0.2, 0) is 4.79 Å².